The van der Waals surface area contributed by atoms with Gasteiger partial charge in [0.25, 0.3) is 0 Å². The third-order valence-corrected chi connectivity index (χ3v) is 11.5. The summed E-state index contributed by atoms with van der Waals surface area (Å²) in [6, 6.07) is 8.03. The Balaban J connectivity index is 1.22. The SMILES string of the molecule is COc1cc(C)c(S(=O)(=O)N2CCn3cccc3C2CCCC(=O)N[C@@H]2CCC[C@H](N3CCN(C)CC3)C2)c(C)c1. The zero-order valence-corrected chi connectivity index (χ0v) is 26.0. The Morgan fingerprint density at radius 3 is 2.49 bits per heavy atom. The second-order valence-corrected chi connectivity index (χ2v) is 14.0. The lowest BCUT2D eigenvalue weighted by molar-refractivity contribution is -0.122. The number of piperazine rings is 1. The summed E-state index contributed by atoms with van der Waals surface area (Å²) in [5, 5.41) is 3.32. The van der Waals surface area contributed by atoms with Crippen LogP contribution in [0.2, 0.25) is 0 Å². The van der Waals surface area contributed by atoms with Gasteiger partial charge in [-0.15, -0.1) is 0 Å². The van der Waals surface area contributed by atoms with Gasteiger partial charge in [-0.1, -0.05) is 0 Å². The van der Waals surface area contributed by atoms with Crippen molar-refractivity contribution in [3.63, 3.8) is 0 Å². The number of amides is 1. The second kappa shape index (κ2) is 12.9. The van der Waals surface area contributed by atoms with E-state index in [0.29, 0.717) is 60.2 Å². The Kier molecular flexibility index (Phi) is 9.43. The normalized spacial score (nSPS) is 24.6. The third-order valence-electron chi connectivity index (χ3n) is 9.30. The lowest BCUT2D eigenvalue weighted by Crippen LogP contribution is -2.52. The molecule has 0 spiro atoms. The average molecular weight is 586 g/mol. The number of benzene rings is 1. The zero-order chi connectivity index (χ0) is 29.1. The molecule has 2 fully saturated rings. The molecule has 41 heavy (non-hydrogen) atoms. The van der Waals surface area contributed by atoms with Crippen LogP contribution >= 0.6 is 0 Å². The molecule has 1 N–H and O–H groups in total. The molecule has 0 radical (unpaired) electrons. The standard InChI is InChI=1S/C31H47N5O4S/c1-23-20-27(40-4)21-24(2)31(23)41(38,39)36-19-18-35-13-7-11-28(35)29(36)10-6-12-30(37)32-25-8-5-9-26(22-25)34-16-14-33(3)15-17-34/h7,11,13,20-21,25-26,29H,5-6,8-10,12,14-19,22H2,1-4H3,(H,32,37)/t25-,26+,29?/m1/s1. The highest BCUT2D eigenvalue weighted by molar-refractivity contribution is 7.89. The van der Waals surface area contributed by atoms with E-state index in [0.717, 1.165) is 51.1 Å². The molecule has 10 heteroatoms. The minimum absolute atomic E-state index is 0.0801. The molecule has 226 valence electrons. The first-order valence-corrected chi connectivity index (χ1v) is 16.7. The van der Waals surface area contributed by atoms with Crippen molar-refractivity contribution in [1.82, 2.24) is 24.0 Å². The molecule has 3 heterocycles. The molecule has 2 aliphatic heterocycles. The number of ether oxygens (including phenoxy) is 1. The van der Waals surface area contributed by atoms with E-state index in [1.165, 1.54) is 6.42 Å². The van der Waals surface area contributed by atoms with E-state index in [-0.39, 0.29) is 18.0 Å². The molecule has 2 aromatic rings. The highest BCUT2D eigenvalue weighted by Gasteiger charge is 2.38. The van der Waals surface area contributed by atoms with E-state index in [1.807, 2.05) is 32.2 Å². The molecule has 3 atom stereocenters. The van der Waals surface area contributed by atoms with Gasteiger partial charge in [0.1, 0.15) is 5.75 Å². The molecule has 3 aliphatic rings. The van der Waals surface area contributed by atoms with Gasteiger partial charge in [-0.3, -0.25) is 9.69 Å². The van der Waals surface area contributed by atoms with Crippen LogP contribution < -0.4 is 10.1 Å². The number of nitrogens with zero attached hydrogens (tertiary/aromatic N) is 4. The number of carbonyl (C=O) groups excluding carboxylic acids is 1. The Labute approximate surface area is 245 Å². The molecular formula is C31H47N5O4S. The highest BCUT2D eigenvalue weighted by atomic mass is 32.2. The van der Waals surface area contributed by atoms with Crippen LogP contribution in [-0.2, 0) is 21.4 Å². The molecule has 1 saturated carbocycles. The summed E-state index contributed by atoms with van der Waals surface area (Å²) in [6.45, 7) is 9.12. The number of hydrogen-bond donors (Lipinski definition) is 1. The third kappa shape index (κ3) is 6.66. The first kappa shape index (κ1) is 30.1. The number of carbonyl (C=O) groups is 1. The van der Waals surface area contributed by atoms with Crippen LogP contribution in [-0.4, -0.2) is 92.0 Å². The van der Waals surface area contributed by atoms with Gasteiger partial charge in [0.2, 0.25) is 15.9 Å². The summed E-state index contributed by atoms with van der Waals surface area (Å²) in [6.07, 6.45) is 8.08. The first-order chi connectivity index (χ1) is 19.7. The number of sulfonamides is 1. The number of nitrogens with one attached hydrogen (secondary N) is 1. The van der Waals surface area contributed by atoms with Gasteiger partial charge in [-0.05, 0) is 94.8 Å². The monoisotopic (exact) mass is 585 g/mol. The number of likely N-dealkylation sites (N-methyl/N-ethyl adjacent to an activating group) is 1. The van der Waals surface area contributed by atoms with Crippen LogP contribution in [0.4, 0.5) is 0 Å². The summed E-state index contributed by atoms with van der Waals surface area (Å²) in [4.78, 5) is 18.4. The van der Waals surface area contributed by atoms with Crippen LogP contribution in [0.25, 0.3) is 0 Å². The number of aryl methyl sites for hydroxylation is 2. The highest BCUT2D eigenvalue weighted by Crippen LogP contribution is 2.37. The molecular weight excluding hydrogens is 538 g/mol. The van der Waals surface area contributed by atoms with Crippen molar-refractivity contribution in [3.05, 3.63) is 47.3 Å². The van der Waals surface area contributed by atoms with Crippen LogP contribution in [0, 0.1) is 13.8 Å². The fourth-order valence-corrected chi connectivity index (χ4v) is 9.18. The minimum atomic E-state index is -3.76. The predicted octanol–water partition coefficient (Wildman–Crippen LogP) is 3.70. The molecule has 1 aromatic carbocycles. The molecule has 1 aromatic heterocycles. The van der Waals surface area contributed by atoms with Gasteiger partial charge in [-0.2, -0.15) is 4.31 Å². The maximum Gasteiger partial charge on any atom is 0.244 e. The van der Waals surface area contributed by atoms with E-state index in [9.17, 15) is 13.2 Å². The lowest BCUT2D eigenvalue weighted by atomic mass is 9.89. The summed E-state index contributed by atoms with van der Waals surface area (Å²) in [5.74, 6) is 0.735. The molecule has 9 nitrogen and oxygen atoms in total. The van der Waals surface area contributed by atoms with Crippen molar-refractivity contribution in [2.24, 2.45) is 0 Å². The number of methoxy groups -OCH3 is 1. The van der Waals surface area contributed by atoms with Crippen LogP contribution in [0.5, 0.6) is 5.75 Å². The Bertz CT molecular complexity index is 1290. The summed E-state index contributed by atoms with van der Waals surface area (Å²) in [5.41, 5.74) is 2.36. The van der Waals surface area contributed by atoms with Crippen LogP contribution in [0.1, 0.15) is 67.8 Å². The molecule has 1 aliphatic carbocycles. The zero-order valence-electron chi connectivity index (χ0n) is 25.1. The van der Waals surface area contributed by atoms with Gasteiger partial charge in [-0.25, -0.2) is 8.42 Å². The van der Waals surface area contributed by atoms with Gasteiger partial charge >= 0.3 is 0 Å². The van der Waals surface area contributed by atoms with Crippen LogP contribution in [0.3, 0.4) is 0 Å². The minimum Gasteiger partial charge on any atom is -0.497 e. The number of rotatable bonds is 9. The van der Waals surface area contributed by atoms with Gasteiger partial charge in [0, 0.05) is 69.7 Å². The van der Waals surface area contributed by atoms with Crippen molar-refractivity contribution in [3.8, 4) is 5.75 Å². The smallest absolute Gasteiger partial charge is 0.244 e. The maximum absolute atomic E-state index is 14.1. The van der Waals surface area contributed by atoms with Gasteiger partial charge in [0.05, 0.1) is 18.0 Å². The quantitative estimate of drug-likeness (QED) is 0.483. The molecule has 1 unspecified atom stereocenters. The van der Waals surface area contributed by atoms with Crippen LogP contribution in [0.15, 0.2) is 35.4 Å². The van der Waals surface area contributed by atoms with Crippen molar-refractivity contribution < 1.29 is 17.9 Å². The lowest BCUT2D eigenvalue weighted by Gasteiger charge is -2.41. The fraction of sp³-hybridized carbons (Fsp3) is 0.645. The van der Waals surface area contributed by atoms with Crippen molar-refractivity contribution in [2.45, 2.75) is 88.4 Å². The fourth-order valence-electron chi connectivity index (χ4n) is 7.14. The summed E-state index contributed by atoms with van der Waals surface area (Å²) < 4.78 is 37.4. The van der Waals surface area contributed by atoms with Gasteiger partial charge < -0.3 is 19.5 Å². The van der Waals surface area contributed by atoms with E-state index >= 15 is 0 Å². The summed E-state index contributed by atoms with van der Waals surface area (Å²) in [7, 11) is 0.0173. The van der Waals surface area contributed by atoms with Crippen molar-refractivity contribution in [2.75, 3.05) is 46.9 Å². The number of fused-ring (bicyclic) bond motifs is 1. The topological polar surface area (TPSA) is 87.1 Å². The van der Waals surface area contributed by atoms with E-state index in [2.05, 4.69) is 26.7 Å². The molecule has 1 saturated heterocycles. The Morgan fingerprint density at radius 2 is 1.78 bits per heavy atom. The van der Waals surface area contributed by atoms with E-state index in [4.69, 9.17) is 4.74 Å². The maximum atomic E-state index is 14.1. The van der Waals surface area contributed by atoms with Gasteiger partial charge in [0.15, 0.2) is 0 Å². The first-order valence-electron chi connectivity index (χ1n) is 15.2. The Hall–Kier alpha value is -2.40. The van der Waals surface area contributed by atoms with E-state index in [1.54, 1.807) is 23.5 Å². The molecule has 5 rings (SSSR count). The predicted molar refractivity (Wildman–Crippen MR) is 161 cm³/mol. The number of aromatic nitrogens is 1. The molecule has 1 amide bonds. The Morgan fingerprint density at radius 1 is 1.05 bits per heavy atom. The number of hydrogen-bond acceptors (Lipinski definition) is 6. The van der Waals surface area contributed by atoms with E-state index < -0.39 is 10.0 Å². The van der Waals surface area contributed by atoms with Crippen molar-refractivity contribution in [1.29, 1.82) is 0 Å². The summed E-state index contributed by atoms with van der Waals surface area (Å²) >= 11 is 0. The largest absolute Gasteiger partial charge is 0.497 e. The molecule has 0 bridgehead atoms. The average Bonchev–Trinajstić information content (AvgIpc) is 3.42. The van der Waals surface area contributed by atoms with Crippen molar-refractivity contribution >= 4 is 15.9 Å². The second-order valence-electron chi connectivity index (χ2n) is 12.2.